The third-order valence-corrected chi connectivity index (χ3v) is 4.79. The zero-order valence-electron chi connectivity index (χ0n) is 18.4. The Morgan fingerprint density at radius 3 is 2.62 bits per heavy atom. The van der Waals surface area contributed by atoms with E-state index in [1.807, 2.05) is 18.2 Å². The maximum Gasteiger partial charge on any atom is 0.293 e. The Labute approximate surface area is 186 Å². The standard InChI is InChI=1S/C21H29N9O2/c1-3-13-29(14-4-2)15-17-18(24-28-30(17)20-19(22)26-32-27-20)21(31)25-23-12-8-11-16-9-6-5-7-10-16/h5-7,9-10,12H,3-4,8,11,13-15H2,1-2H3,(H2,22,26)(H,25,31)/b23-12-. The van der Waals surface area contributed by atoms with E-state index in [0.29, 0.717) is 18.7 Å². The molecular weight excluding hydrogens is 410 g/mol. The quantitative estimate of drug-likeness (QED) is 0.323. The molecular formula is C21H29N9O2. The van der Waals surface area contributed by atoms with Crippen LogP contribution < -0.4 is 11.2 Å². The van der Waals surface area contributed by atoms with Crippen molar-refractivity contribution in [2.45, 2.75) is 46.1 Å². The smallest absolute Gasteiger partial charge is 0.293 e. The summed E-state index contributed by atoms with van der Waals surface area (Å²) in [5, 5.41) is 19.6. The van der Waals surface area contributed by atoms with Crippen LogP contribution in [0.4, 0.5) is 5.82 Å². The van der Waals surface area contributed by atoms with Crippen LogP contribution in [0.2, 0.25) is 0 Å². The topological polar surface area (TPSA) is 140 Å². The second-order valence-electron chi connectivity index (χ2n) is 7.32. The molecule has 0 unspecified atom stereocenters. The number of benzene rings is 1. The van der Waals surface area contributed by atoms with E-state index in [0.717, 1.165) is 32.4 Å². The minimum Gasteiger partial charge on any atom is -0.378 e. The fourth-order valence-electron chi connectivity index (χ4n) is 3.34. The average molecular weight is 440 g/mol. The van der Waals surface area contributed by atoms with Gasteiger partial charge in [0.2, 0.25) is 11.6 Å². The van der Waals surface area contributed by atoms with Crippen molar-refractivity contribution in [3.05, 3.63) is 47.3 Å². The molecule has 0 radical (unpaired) electrons. The number of aromatic nitrogens is 5. The number of aryl methyl sites for hydroxylation is 1. The third-order valence-electron chi connectivity index (χ3n) is 4.79. The normalized spacial score (nSPS) is 11.5. The Hall–Kier alpha value is -3.60. The summed E-state index contributed by atoms with van der Waals surface area (Å²) in [5.41, 5.74) is 10.3. The summed E-state index contributed by atoms with van der Waals surface area (Å²) in [6.07, 6.45) is 5.16. The van der Waals surface area contributed by atoms with E-state index >= 15 is 0 Å². The van der Waals surface area contributed by atoms with Crippen molar-refractivity contribution >= 4 is 17.9 Å². The number of amides is 1. The number of nitrogens with zero attached hydrogens (tertiary/aromatic N) is 7. The van der Waals surface area contributed by atoms with E-state index in [1.165, 1.54) is 10.2 Å². The summed E-state index contributed by atoms with van der Waals surface area (Å²) < 4.78 is 6.10. The molecule has 1 amide bonds. The van der Waals surface area contributed by atoms with Crippen molar-refractivity contribution in [1.29, 1.82) is 0 Å². The van der Waals surface area contributed by atoms with E-state index in [9.17, 15) is 4.79 Å². The lowest BCUT2D eigenvalue weighted by atomic mass is 10.1. The van der Waals surface area contributed by atoms with Crippen LogP contribution in [0.5, 0.6) is 0 Å². The lowest BCUT2D eigenvalue weighted by Crippen LogP contribution is -2.28. The Balaban J connectivity index is 1.74. The highest BCUT2D eigenvalue weighted by molar-refractivity contribution is 5.93. The van der Waals surface area contributed by atoms with Crippen molar-refractivity contribution in [2.24, 2.45) is 5.10 Å². The number of carbonyl (C=O) groups excluding carboxylic acids is 1. The zero-order chi connectivity index (χ0) is 22.8. The van der Waals surface area contributed by atoms with Crippen molar-refractivity contribution < 1.29 is 9.42 Å². The first kappa shape index (κ1) is 23.1. The molecule has 11 heteroatoms. The lowest BCUT2D eigenvalue weighted by Gasteiger charge is -2.21. The van der Waals surface area contributed by atoms with Crippen molar-refractivity contribution in [3.63, 3.8) is 0 Å². The van der Waals surface area contributed by atoms with Crippen molar-refractivity contribution in [3.8, 4) is 5.82 Å². The third kappa shape index (κ3) is 5.97. The number of hydrazone groups is 1. The molecule has 2 heterocycles. The molecule has 0 saturated carbocycles. The maximum atomic E-state index is 12.8. The summed E-state index contributed by atoms with van der Waals surface area (Å²) in [5.74, 6) is -0.185. The van der Waals surface area contributed by atoms with Gasteiger partial charge in [0.25, 0.3) is 5.91 Å². The molecule has 0 aliphatic heterocycles. The molecule has 0 aliphatic carbocycles. The van der Waals surface area contributed by atoms with Gasteiger partial charge in [-0.2, -0.15) is 9.78 Å². The first-order valence-electron chi connectivity index (χ1n) is 10.7. The van der Waals surface area contributed by atoms with Crippen LogP contribution in [0.1, 0.15) is 54.9 Å². The Morgan fingerprint density at radius 2 is 1.97 bits per heavy atom. The Kier molecular flexibility index (Phi) is 8.44. The van der Waals surface area contributed by atoms with E-state index in [1.54, 1.807) is 6.21 Å². The fraction of sp³-hybridized carbons (Fsp3) is 0.429. The molecule has 32 heavy (non-hydrogen) atoms. The average Bonchev–Trinajstić information content (AvgIpc) is 3.40. The molecule has 0 bridgehead atoms. The van der Waals surface area contributed by atoms with Crippen LogP contribution >= 0.6 is 0 Å². The predicted molar refractivity (Wildman–Crippen MR) is 120 cm³/mol. The van der Waals surface area contributed by atoms with Gasteiger partial charge in [0, 0.05) is 12.8 Å². The molecule has 1 aromatic carbocycles. The van der Waals surface area contributed by atoms with Crippen molar-refractivity contribution in [1.82, 2.24) is 35.6 Å². The van der Waals surface area contributed by atoms with Gasteiger partial charge in [-0.15, -0.1) is 5.10 Å². The first-order chi connectivity index (χ1) is 15.6. The highest BCUT2D eigenvalue weighted by Crippen LogP contribution is 2.18. The second kappa shape index (κ2) is 11.7. The Bertz CT molecular complexity index is 1010. The highest BCUT2D eigenvalue weighted by atomic mass is 16.6. The summed E-state index contributed by atoms with van der Waals surface area (Å²) >= 11 is 0. The van der Waals surface area contributed by atoms with Gasteiger partial charge >= 0.3 is 0 Å². The minimum atomic E-state index is -0.454. The van der Waals surface area contributed by atoms with Gasteiger partial charge in [-0.05, 0) is 54.6 Å². The SMILES string of the molecule is CCCN(CCC)Cc1c(C(=O)N/N=C\CCc2ccccc2)nnn1-c1nonc1N. The molecule has 170 valence electrons. The molecule has 0 atom stereocenters. The summed E-state index contributed by atoms with van der Waals surface area (Å²) in [6.45, 7) is 6.39. The first-order valence-corrected chi connectivity index (χ1v) is 10.7. The maximum absolute atomic E-state index is 12.8. The van der Waals surface area contributed by atoms with E-state index in [4.69, 9.17) is 10.4 Å². The van der Waals surface area contributed by atoms with Gasteiger partial charge in [-0.1, -0.05) is 49.4 Å². The number of nitrogens with two attached hydrogens (primary N) is 1. The molecule has 2 aromatic heterocycles. The summed E-state index contributed by atoms with van der Waals surface area (Å²) in [7, 11) is 0. The van der Waals surface area contributed by atoms with Crippen LogP contribution in [-0.4, -0.2) is 55.4 Å². The van der Waals surface area contributed by atoms with E-state index < -0.39 is 5.91 Å². The van der Waals surface area contributed by atoms with Crippen molar-refractivity contribution in [2.75, 3.05) is 18.8 Å². The van der Waals surface area contributed by atoms with Crippen LogP contribution in [-0.2, 0) is 13.0 Å². The van der Waals surface area contributed by atoms with Crippen LogP contribution in [0.15, 0.2) is 40.1 Å². The predicted octanol–water partition coefficient (Wildman–Crippen LogP) is 2.20. The molecule has 0 spiro atoms. The Morgan fingerprint density at radius 1 is 1.22 bits per heavy atom. The minimum absolute atomic E-state index is 0.0691. The van der Waals surface area contributed by atoms with Crippen LogP contribution in [0.3, 0.4) is 0 Å². The number of rotatable bonds is 12. The molecule has 0 fully saturated rings. The van der Waals surface area contributed by atoms with Gasteiger partial charge < -0.3 is 5.73 Å². The number of nitrogens with one attached hydrogen (secondary N) is 1. The van der Waals surface area contributed by atoms with Crippen LogP contribution in [0.25, 0.3) is 5.82 Å². The lowest BCUT2D eigenvalue weighted by molar-refractivity contribution is 0.0947. The molecule has 3 N–H and O–H groups in total. The van der Waals surface area contributed by atoms with Gasteiger partial charge in [-0.25, -0.2) is 10.1 Å². The van der Waals surface area contributed by atoms with Crippen LogP contribution in [0, 0.1) is 0 Å². The number of carbonyl (C=O) groups is 1. The highest BCUT2D eigenvalue weighted by Gasteiger charge is 2.25. The van der Waals surface area contributed by atoms with Gasteiger partial charge in [0.1, 0.15) is 0 Å². The fourth-order valence-corrected chi connectivity index (χ4v) is 3.34. The summed E-state index contributed by atoms with van der Waals surface area (Å²) in [6, 6.07) is 10.1. The van der Waals surface area contributed by atoms with Gasteiger partial charge in [-0.3, -0.25) is 9.69 Å². The van der Waals surface area contributed by atoms with E-state index in [2.05, 4.69) is 62.0 Å². The second-order valence-corrected chi connectivity index (χ2v) is 7.32. The largest absolute Gasteiger partial charge is 0.378 e. The number of anilines is 1. The summed E-state index contributed by atoms with van der Waals surface area (Å²) in [4.78, 5) is 15.0. The molecule has 3 rings (SSSR count). The molecule has 0 aliphatic rings. The molecule has 11 nitrogen and oxygen atoms in total. The zero-order valence-corrected chi connectivity index (χ0v) is 18.4. The number of nitrogen functional groups attached to an aromatic ring is 1. The number of hydrogen-bond donors (Lipinski definition) is 2. The van der Waals surface area contributed by atoms with Gasteiger partial charge in [0.15, 0.2) is 5.69 Å². The monoisotopic (exact) mass is 439 g/mol. The van der Waals surface area contributed by atoms with E-state index in [-0.39, 0.29) is 17.3 Å². The molecule has 3 aromatic rings. The molecule has 0 saturated heterocycles. The van der Waals surface area contributed by atoms with Gasteiger partial charge in [0.05, 0.1) is 5.69 Å². The number of hydrogen-bond acceptors (Lipinski definition) is 9.